The van der Waals surface area contributed by atoms with Crippen molar-refractivity contribution in [2.75, 3.05) is 12.4 Å². The summed E-state index contributed by atoms with van der Waals surface area (Å²) in [6, 6.07) is 13.9. The van der Waals surface area contributed by atoms with E-state index in [-0.39, 0.29) is 11.8 Å². The van der Waals surface area contributed by atoms with Crippen molar-refractivity contribution in [2.24, 2.45) is 7.05 Å². The number of aromatic nitrogens is 1. The first-order valence-corrected chi connectivity index (χ1v) is 7.56. The topological polar surface area (TPSA) is 56.4 Å². The zero-order valence-corrected chi connectivity index (χ0v) is 13.5. The first-order valence-electron chi connectivity index (χ1n) is 7.56. The molecule has 5 heteroatoms. The molecule has 5 nitrogen and oxygen atoms in total. The Kier molecular flexibility index (Phi) is 4.10. The lowest BCUT2D eigenvalue weighted by atomic mass is 10.1. The lowest BCUT2D eigenvalue weighted by Crippen LogP contribution is -2.18. The van der Waals surface area contributed by atoms with E-state index in [1.807, 2.05) is 36.4 Å². The van der Waals surface area contributed by atoms with Crippen LogP contribution in [-0.2, 0) is 13.5 Å². The van der Waals surface area contributed by atoms with E-state index in [0.717, 1.165) is 28.9 Å². The van der Waals surface area contributed by atoms with Crippen LogP contribution < -0.4 is 15.8 Å². The number of oxazole rings is 1. The Balaban J connectivity index is 1.77. The minimum atomic E-state index is -0.348. The molecule has 3 rings (SSSR count). The fourth-order valence-electron chi connectivity index (χ4n) is 2.76. The molecule has 1 atom stereocenters. The molecule has 0 aliphatic carbocycles. The van der Waals surface area contributed by atoms with Crippen molar-refractivity contribution in [2.45, 2.75) is 19.4 Å². The molecule has 2 aromatic carbocycles. The van der Waals surface area contributed by atoms with Crippen molar-refractivity contribution in [3.8, 4) is 5.75 Å². The summed E-state index contributed by atoms with van der Waals surface area (Å²) in [6.07, 6.45) is 0.834. The molecule has 0 saturated heterocycles. The van der Waals surface area contributed by atoms with Crippen molar-refractivity contribution in [1.29, 1.82) is 0 Å². The predicted molar refractivity (Wildman–Crippen MR) is 91.2 cm³/mol. The Hall–Kier alpha value is -2.69. The van der Waals surface area contributed by atoms with Gasteiger partial charge in [0.2, 0.25) is 0 Å². The van der Waals surface area contributed by atoms with Gasteiger partial charge in [-0.3, -0.25) is 4.57 Å². The Morgan fingerprint density at radius 2 is 2.04 bits per heavy atom. The Labute approximate surface area is 134 Å². The van der Waals surface area contributed by atoms with E-state index < -0.39 is 0 Å². The van der Waals surface area contributed by atoms with Crippen LogP contribution >= 0.6 is 0 Å². The quantitative estimate of drug-likeness (QED) is 0.786. The van der Waals surface area contributed by atoms with Gasteiger partial charge in [0.05, 0.1) is 12.6 Å². The summed E-state index contributed by atoms with van der Waals surface area (Å²) >= 11 is 0. The molecule has 0 fully saturated rings. The van der Waals surface area contributed by atoms with Crippen LogP contribution in [0.4, 0.5) is 5.69 Å². The lowest BCUT2D eigenvalue weighted by molar-refractivity contribution is 0.409. The molecule has 0 unspecified atom stereocenters. The Morgan fingerprint density at radius 3 is 2.83 bits per heavy atom. The average Bonchev–Trinajstić information content (AvgIpc) is 2.82. The number of hydrogen-bond donors (Lipinski definition) is 1. The second-order valence-electron chi connectivity index (χ2n) is 5.67. The van der Waals surface area contributed by atoms with Gasteiger partial charge in [0, 0.05) is 24.8 Å². The van der Waals surface area contributed by atoms with Gasteiger partial charge in [-0.25, -0.2) is 4.79 Å². The lowest BCUT2D eigenvalue weighted by Gasteiger charge is -2.17. The van der Waals surface area contributed by atoms with Gasteiger partial charge >= 0.3 is 5.76 Å². The largest absolute Gasteiger partial charge is 0.496 e. The van der Waals surface area contributed by atoms with Gasteiger partial charge < -0.3 is 14.5 Å². The minimum absolute atomic E-state index is 0.208. The number of hydrogen-bond acceptors (Lipinski definition) is 4. The van der Waals surface area contributed by atoms with Crippen LogP contribution in [0.1, 0.15) is 12.5 Å². The molecular formula is C18H20N2O3. The highest BCUT2D eigenvalue weighted by Gasteiger charge is 2.10. The zero-order chi connectivity index (χ0) is 16.4. The van der Waals surface area contributed by atoms with Gasteiger partial charge in [-0.2, -0.15) is 0 Å². The van der Waals surface area contributed by atoms with Crippen LogP contribution in [0.3, 0.4) is 0 Å². The smallest absolute Gasteiger partial charge is 0.419 e. The molecule has 120 valence electrons. The summed E-state index contributed by atoms with van der Waals surface area (Å²) in [4.78, 5) is 11.5. The number of para-hydroxylation sites is 1. The highest BCUT2D eigenvalue weighted by molar-refractivity contribution is 5.77. The van der Waals surface area contributed by atoms with Gasteiger partial charge in [0.25, 0.3) is 0 Å². The van der Waals surface area contributed by atoms with Crippen molar-refractivity contribution in [1.82, 2.24) is 4.57 Å². The molecule has 1 heterocycles. The van der Waals surface area contributed by atoms with Crippen LogP contribution in [0.2, 0.25) is 0 Å². The fraction of sp³-hybridized carbons (Fsp3) is 0.278. The van der Waals surface area contributed by atoms with Crippen molar-refractivity contribution in [3.63, 3.8) is 0 Å². The van der Waals surface area contributed by atoms with Crippen LogP contribution in [0, 0.1) is 0 Å². The standard InChI is InChI=1S/C18H20N2O3/c1-12(10-13-6-4-5-7-16(13)22-3)19-14-8-9-15-17(11-14)23-18(21)20(15)2/h4-9,11-12,19H,10H2,1-3H3/t12-/m1/s1. The maximum atomic E-state index is 11.5. The number of anilines is 1. The highest BCUT2D eigenvalue weighted by atomic mass is 16.5. The predicted octanol–water partition coefficient (Wildman–Crippen LogP) is 3.18. The third kappa shape index (κ3) is 3.08. The van der Waals surface area contributed by atoms with E-state index >= 15 is 0 Å². The SMILES string of the molecule is COc1ccccc1C[C@@H](C)Nc1ccc2c(c1)oc(=O)n2C. The number of ether oxygens (including phenoxy) is 1. The molecule has 0 radical (unpaired) electrons. The molecule has 0 spiro atoms. The van der Waals surface area contributed by atoms with E-state index in [9.17, 15) is 4.79 Å². The molecule has 1 aromatic heterocycles. The third-order valence-electron chi connectivity index (χ3n) is 3.92. The number of benzene rings is 2. The van der Waals surface area contributed by atoms with Gasteiger partial charge in [0.15, 0.2) is 5.58 Å². The minimum Gasteiger partial charge on any atom is -0.496 e. The normalized spacial score (nSPS) is 12.3. The number of nitrogens with one attached hydrogen (secondary N) is 1. The molecule has 0 bridgehead atoms. The number of fused-ring (bicyclic) bond motifs is 1. The van der Waals surface area contributed by atoms with Gasteiger partial charge in [-0.05, 0) is 37.1 Å². The fourth-order valence-corrected chi connectivity index (χ4v) is 2.76. The van der Waals surface area contributed by atoms with E-state index in [4.69, 9.17) is 9.15 Å². The van der Waals surface area contributed by atoms with Crippen molar-refractivity contribution < 1.29 is 9.15 Å². The van der Waals surface area contributed by atoms with E-state index in [1.165, 1.54) is 4.57 Å². The molecule has 1 N–H and O–H groups in total. The average molecular weight is 312 g/mol. The molecule has 0 aliphatic heterocycles. The summed E-state index contributed by atoms with van der Waals surface area (Å²) in [5.74, 6) is 0.546. The highest BCUT2D eigenvalue weighted by Crippen LogP contribution is 2.22. The van der Waals surface area contributed by atoms with Crippen LogP contribution in [0.5, 0.6) is 5.75 Å². The first kappa shape index (κ1) is 15.2. The molecular weight excluding hydrogens is 292 g/mol. The van der Waals surface area contributed by atoms with Gasteiger partial charge in [-0.1, -0.05) is 18.2 Å². The summed E-state index contributed by atoms with van der Waals surface area (Å²) in [5, 5.41) is 3.44. The number of rotatable bonds is 5. The van der Waals surface area contributed by atoms with Gasteiger partial charge in [-0.15, -0.1) is 0 Å². The molecule has 23 heavy (non-hydrogen) atoms. The zero-order valence-electron chi connectivity index (χ0n) is 13.5. The van der Waals surface area contributed by atoms with Gasteiger partial charge in [0.1, 0.15) is 5.75 Å². The van der Waals surface area contributed by atoms with E-state index in [2.05, 4.69) is 18.3 Å². The summed E-state index contributed by atoms with van der Waals surface area (Å²) in [5.41, 5.74) is 3.46. The number of nitrogens with zero attached hydrogens (tertiary/aromatic N) is 1. The second kappa shape index (κ2) is 6.20. The van der Waals surface area contributed by atoms with E-state index in [0.29, 0.717) is 5.58 Å². The molecule has 0 amide bonds. The summed E-state index contributed by atoms with van der Waals surface area (Å²) in [6.45, 7) is 2.11. The number of methoxy groups -OCH3 is 1. The molecule has 0 saturated carbocycles. The molecule has 3 aromatic rings. The maximum Gasteiger partial charge on any atom is 0.419 e. The van der Waals surface area contributed by atoms with Crippen molar-refractivity contribution >= 4 is 16.8 Å². The second-order valence-corrected chi connectivity index (χ2v) is 5.67. The summed E-state index contributed by atoms with van der Waals surface area (Å²) < 4.78 is 12.1. The number of aryl methyl sites for hydroxylation is 1. The van der Waals surface area contributed by atoms with E-state index in [1.54, 1.807) is 14.2 Å². The Morgan fingerprint density at radius 1 is 1.26 bits per heavy atom. The Bertz CT molecular complexity index is 879. The van der Waals surface area contributed by atoms with Crippen LogP contribution in [0.25, 0.3) is 11.1 Å². The summed E-state index contributed by atoms with van der Waals surface area (Å²) in [7, 11) is 3.38. The monoisotopic (exact) mass is 312 g/mol. The van der Waals surface area contributed by atoms with Crippen LogP contribution in [-0.4, -0.2) is 17.7 Å². The van der Waals surface area contributed by atoms with Crippen LogP contribution in [0.15, 0.2) is 51.7 Å². The molecule has 0 aliphatic rings. The first-order chi connectivity index (χ1) is 11.1. The third-order valence-corrected chi connectivity index (χ3v) is 3.92. The van der Waals surface area contributed by atoms with Crippen molar-refractivity contribution in [3.05, 3.63) is 58.6 Å². The maximum absolute atomic E-state index is 11.5.